The molecule has 4 atom stereocenters. The SMILES string of the molecule is O=C(O)[C@H]1C[C@@H](O)CN1C(=O)OCc1ccccc1.O=C(O)[C@H]1C[C@@H](O)CN1C(=O)OCc1ccccc1. The van der Waals surface area contributed by atoms with Crippen molar-refractivity contribution in [1.29, 1.82) is 0 Å². The lowest BCUT2D eigenvalue weighted by atomic mass is 10.2. The minimum atomic E-state index is -1.13. The minimum absolute atomic E-state index is 0.00934. The third-order valence-corrected chi connectivity index (χ3v) is 6.01. The van der Waals surface area contributed by atoms with Crippen LogP contribution in [-0.4, -0.2) is 91.7 Å². The summed E-state index contributed by atoms with van der Waals surface area (Å²) < 4.78 is 10.1. The molecule has 204 valence electrons. The first kappa shape index (κ1) is 28.4. The van der Waals surface area contributed by atoms with Crippen LogP contribution in [0.25, 0.3) is 0 Å². The molecule has 0 aromatic heterocycles. The van der Waals surface area contributed by atoms with Crippen molar-refractivity contribution in [3.63, 3.8) is 0 Å². The maximum atomic E-state index is 11.8. The molecular weight excluding hydrogens is 500 g/mol. The predicted molar refractivity (Wildman–Crippen MR) is 131 cm³/mol. The summed E-state index contributed by atoms with van der Waals surface area (Å²) in [5, 5.41) is 36.8. The average Bonchev–Trinajstić information content (AvgIpc) is 3.50. The van der Waals surface area contributed by atoms with Gasteiger partial charge < -0.3 is 29.9 Å². The average molecular weight is 531 g/mol. The van der Waals surface area contributed by atoms with Gasteiger partial charge in [-0.25, -0.2) is 19.2 Å². The molecular formula is C26H30N2O10. The van der Waals surface area contributed by atoms with Gasteiger partial charge in [-0.1, -0.05) is 60.7 Å². The zero-order chi connectivity index (χ0) is 27.7. The van der Waals surface area contributed by atoms with Crippen LogP contribution in [0.1, 0.15) is 24.0 Å². The zero-order valence-electron chi connectivity index (χ0n) is 20.5. The molecule has 0 saturated carbocycles. The maximum absolute atomic E-state index is 11.8. The van der Waals surface area contributed by atoms with Crippen molar-refractivity contribution in [2.24, 2.45) is 0 Å². The fourth-order valence-corrected chi connectivity index (χ4v) is 4.10. The summed E-state index contributed by atoms with van der Waals surface area (Å²) in [4.78, 5) is 47.7. The van der Waals surface area contributed by atoms with Gasteiger partial charge in [-0.05, 0) is 11.1 Å². The molecule has 2 amide bonds. The Balaban J connectivity index is 0.000000211. The quantitative estimate of drug-likeness (QED) is 0.430. The molecule has 2 fully saturated rings. The number of β-amino-alcohol motifs (C(OH)–C–C–N with tert-alkyl or cyclic N) is 2. The van der Waals surface area contributed by atoms with Crippen LogP contribution in [0.3, 0.4) is 0 Å². The predicted octanol–water partition coefficient (Wildman–Crippen LogP) is 1.69. The van der Waals surface area contributed by atoms with Crippen molar-refractivity contribution in [2.45, 2.75) is 50.3 Å². The van der Waals surface area contributed by atoms with Crippen molar-refractivity contribution in [3.8, 4) is 0 Å². The van der Waals surface area contributed by atoms with E-state index in [-0.39, 0.29) is 39.1 Å². The normalized spacial score (nSPS) is 22.3. The maximum Gasteiger partial charge on any atom is 0.410 e. The van der Waals surface area contributed by atoms with Crippen LogP contribution in [-0.2, 0) is 32.3 Å². The number of ether oxygens (including phenoxy) is 2. The van der Waals surface area contributed by atoms with Gasteiger partial charge in [0.25, 0.3) is 0 Å². The highest BCUT2D eigenvalue weighted by Crippen LogP contribution is 2.20. The van der Waals surface area contributed by atoms with Crippen molar-refractivity contribution in [2.75, 3.05) is 13.1 Å². The van der Waals surface area contributed by atoms with Crippen molar-refractivity contribution >= 4 is 24.1 Å². The Labute approximate surface area is 218 Å². The highest BCUT2D eigenvalue weighted by molar-refractivity contribution is 5.81. The molecule has 38 heavy (non-hydrogen) atoms. The van der Waals surface area contributed by atoms with Crippen molar-refractivity contribution in [1.82, 2.24) is 9.80 Å². The standard InChI is InChI=1S/2C13H15NO5/c2*15-10-6-11(12(16)17)14(7-10)13(18)19-8-9-4-2-1-3-5-9/h2*1-5,10-11,15H,6-8H2,(H,16,17)/t2*10-,11-/m11/s1. The molecule has 2 saturated heterocycles. The van der Waals surface area contributed by atoms with Crippen LogP contribution in [0.4, 0.5) is 9.59 Å². The van der Waals surface area contributed by atoms with Gasteiger partial charge in [0, 0.05) is 12.8 Å². The monoisotopic (exact) mass is 530 g/mol. The largest absolute Gasteiger partial charge is 0.480 e. The Morgan fingerprint density at radius 2 is 1.00 bits per heavy atom. The second-order valence-electron chi connectivity index (χ2n) is 8.87. The number of carbonyl (C=O) groups excluding carboxylic acids is 2. The number of aliphatic hydroxyl groups is 2. The van der Waals surface area contributed by atoms with E-state index in [0.717, 1.165) is 20.9 Å². The van der Waals surface area contributed by atoms with Gasteiger partial charge in [0.15, 0.2) is 0 Å². The molecule has 0 radical (unpaired) electrons. The summed E-state index contributed by atoms with van der Waals surface area (Å²) in [7, 11) is 0. The number of aliphatic carboxylic acids is 2. The summed E-state index contributed by atoms with van der Waals surface area (Å²) in [6.45, 7) is 0.145. The molecule has 2 aromatic rings. The van der Waals surface area contributed by atoms with Gasteiger partial charge in [0.05, 0.1) is 25.3 Å². The fraction of sp³-hybridized carbons (Fsp3) is 0.385. The van der Waals surface area contributed by atoms with E-state index in [9.17, 15) is 29.4 Å². The Hall–Kier alpha value is -4.16. The van der Waals surface area contributed by atoms with E-state index < -0.39 is 48.4 Å². The first-order chi connectivity index (χ1) is 18.2. The number of benzene rings is 2. The lowest BCUT2D eigenvalue weighted by Gasteiger charge is -2.20. The van der Waals surface area contributed by atoms with E-state index in [1.54, 1.807) is 24.3 Å². The third-order valence-electron chi connectivity index (χ3n) is 6.01. The van der Waals surface area contributed by atoms with Gasteiger partial charge in [-0.2, -0.15) is 0 Å². The third kappa shape index (κ3) is 7.92. The molecule has 0 aliphatic carbocycles. The highest BCUT2D eigenvalue weighted by atomic mass is 16.6. The molecule has 4 rings (SSSR count). The van der Waals surface area contributed by atoms with E-state index in [1.165, 1.54) is 0 Å². The number of nitrogens with zero attached hydrogens (tertiary/aromatic N) is 2. The van der Waals surface area contributed by atoms with Gasteiger partial charge in [0.1, 0.15) is 25.3 Å². The second kappa shape index (κ2) is 13.4. The molecule has 2 aromatic carbocycles. The molecule has 2 heterocycles. The van der Waals surface area contributed by atoms with Crippen LogP contribution in [0.5, 0.6) is 0 Å². The Morgan fingerprint density at radius 3 is 1.32 bits per heavy atom. The van der Waals surface area contributed by atoms with Crippen LogP contribution in [0.15, 0.2) is 60.7 Å². The lowest BCUT2D eigenvalue weighted by Crippen LogP contribution is -2.40. The molecule has 12 heteroatoms. The number of carboxylic acid groups (broad SMARTS) is 2. The summed E-state index contributed by atoms with van der Waals surface area (Å²) in [5.41, 5.74) is 1.64. The summed E-state index contributed by atoms with van der Waals surface area (Å²) in [5.74, 6) is -2.26. The molecule has 2 aliphatic heterocycles. The Kier molecular flexibility index (Phi) is 10.0. The second-order valence-corrected chi connectivity index (χ2v) is 8.87. The smallest absolute Gasteiger partial charge is 0.410 e. The zero-order valence-corrected chi connectivity index (χ0v) is 20.5. The van der Waals surface area contributed by atoms with E-state index in [0.29, 0.717) is 0 Å². The molecule has 4 N–H and O–H groups in total. The van der Waals surface area contributed by atoms with Gasteiger partial charge in [-0.3, -0.25) is 9.80 Å². The topological polar surface area (TPSA) is 174 Å². The van der Waals surface area contributed by atoms with E-state index in [1.807, 2.05) is 36.4 Å². The number of amides is 2. The van der Waals surface area contributed by atoms with Gasteiger partial charge in [-0.15, -0.1) is 0 Å². The first-order valence-corrected chi connectivity index (χ1v) is 11.9. The van der Waals surface area contributed by atoms with E-state index in [2.05, 4.69) is 0 Å². The number of hydrogen-bond donors (Lipinski definition) is 4. The van der Waals surface area contributed by atoms with E-state index in [4.69, 9.17) is 19.7 Å². The molecule has 0 bridgehead atoms. The van der Waals surface area contributed by atoms with E-state index >= 15 is 0 Å². The number of likely N-dealkylation sites (tertiary alicyclic amines) is 2. The van der Waals surface area contributed by atoms with Gasteiger partial charge >= 0.3 is 24.1 Å². The highest BCUT2D eigenvalue weighted by Gasteiger charge is 2.40. The van der Waals surface area contributed by atoms with Crippen molar-refractivity contribution < 1.29 is 49.1 Å². The molecule has 0 spiro atoms. The Bertz CT molecular complexity index is 1010. The van der Waals surface area contributed by atoms with Crippen LogP contribution < -0.4 is 0 Å². The summed E-state index contributed by atoms with van der Waals surface area (Å²) >= 11 is 0. The number of carboxylic acids is 2. The molecule has 2 aliphatic rings. The lowest BCUT2D eigenvalue weighted by molar-refractivity contribution is -0.142. The molecule has 0 unspecified atom stereocenters. The first-order valence-electron chi connectivity index (χ1n) is 11.9. The summed E-state index contributed by atoms with van der Waals surface area (Å²) in [6, 6.07) is 16.2. The van der Waals surface area contributed by atoms with Crippen molar-refractivity contribution in [3.05, 3.63) is 71.8 Å². The number of carbonyl (C=O) groups is 4. The molecule has 12 nitrogen and oxygen atoms in total. The van der Waals surface area contributed by atoms with Crippen LogP contribution in [0, 0.1) is 0 Å². The van der Waals surface area contributed by atoms with Crippen LogP contribution in [0.2, 0.25) is 0 Å². The minimum Gasteiger partial charge on any atom is -0.480 e. The van der Waals surface area contributed by atoms with Crippen LogP contribution >= 0.6 is 0 Å². The number of rotatable bonds is 6. The Morgan fingerprint density at radius 1 is 0.658 bits per heavy atom. The number of aliphatic hydroxyl groups excluding tert-OH is 2. The van der Waals surface area contributed by atoms with Gasteiger partial charge in [0.2, 0.25) is 0 Å². The summed E-state index contributed by atoms with van der Waals surface area (Å²) in [6.07, 6.45) is -2.98. The fourth-order valence-electron chi connectivity index (χ4n) is 4.10. The number of hydrogen-bond acceptors (Lipinski definition) is 8.